The third-order valence-electron chi connectivity index (χ3n) is 5.62. The number of carbonyl (C=O) groups excluding carboxylic acids is 2. The lowest BCUT2D eigenvalue weighted by molar-refractivity contribution is -0.113. The van der Waals surface area contributed by atoms with Crippen LogP contribution >= 0.6 is 12.0 Å². The molecule has 2 aromatic carbocycles. The second kappa shape index (κ2) is 9.97. The summed E-state index contributed by atoms with van der Waals surface area (Å²) >= 11 is 1.33. The molecule has 0 saturated heterocycles. The average Bonchev–Trinajstić information content (AvgIpc) is 3.41. The minimum atomic E-state index is -0.668. The van der Waals surface area contributed by atoms with Crippen molar-refractivity contribution in [2.75, 3.05) is 20.0 Å². The number of aromatic amines is 1. The molecule has 170 valence electrons. The first kappa shape index (κ1) is 22.7. The SMILES string of the molecule is COc1ccc2c(c1)c(/C(C=O)=C(/C(N)=O)c1c[nH]c3ccccc13)cn2CCCOSC. The van der Waals surface area contributed by atoms with Gasteiger partial charge >= 0.3 is 0 Å². The number of aryl methyl sites for hydroxylation is 1. The average molecular weight is 464 g/mol. The number of hydrogen-bond donors (Lipinski definition) is 2. The summed E-state index contributed by atoms with van der Waals surface area (Å²) < 4.78 is 12.9. The van der Waals surface area contributed by atoms with Gasteiger partial charge in [0.25, 0.3) is 0 Å². The Hall–Kier alpha value is -3.49. The molecule has 0 spiro atoms. The van der Waals surface area contributed by atoms with Gasteiger partial charge in [0.1, 0.15) is 5.75 Å². The number of benzene rings is 2. The minimum Gasteiger partial charge on any atom is -0.497 e. The molecule has 8 heteroatoms. The number of aldehydes is 1. The zero-order chi connectivity index (χ0) is 23.4. The number of para-hydroxylation sites is 1. The van der Waals surface area contributed by atoms with Crippen molar-refractivity contribution in [1.82, 2.24) is 9.55 Å². The molecule has 0 aliphatic rings. The van der Waals surface area contributed by atoms with Crippen LogP contribution in [0.4, 0.5) is 0 Å². The Labute approximate surface area is 195 Å². The monoisotopic (exact) mass is 463 g/mol. The van der Waals surface area contributed by atoms with Gasteiger partial charge in [-0.05, 0) is 42.7 Å². The molecule has 0 atom stereocenters. The Bertz CT molecular complexity index is 1350. The van der Waals surface area contributed by atoms with E-state index < -0.39 is 5.91 Å². The number of methoxy groups -OCH3 is 1. The van der Waals surface area contributed by atoms with E-state index in [1.165, 1.54) is 12.0 Å². The summed E-state index contributed by atoms with van der Waals surface area (Å²) in [5.74, 6) is -0.01000. The Morgan fingerprint density at radius 2 is 2.00 bits per heavy atom. The number of nitrogens with zero attached hydrogens (tertiary/aromatic N) is 1. The van der Waals surface area contributed by atoms with Crippen LogP contribution in [0.25, 0.3) is 33.0 Å². The van der Waals surface area contributed by atoms with Crippen LogP contribution in [-0.2, 0) is 20.3 Å². The second-order valence-electron chi connectivity index (χ2n) is 7.48. The maximum Gasteiger partial charge on any atom is 0.250 e. The van der Waals surface area contributed by atoms with Crippen LogP contribution < -0.4 is 10.5 Å². The first-order chi connectivity index (χ1) is 16.1. The minimum absolute atomic E-state index is 0.176. The number of rotatable bonds is 10. The predicted octanol–water partition coefficient (Wildman–Crippen LogP) is 4.41. The van der Waals surface area contributed by atoms with Gasteiger partial charge in [0, 0.05) is 63.7 Å². The van der Waals surface area contributed by atoms with E-state index in [1.54, 1.807) is 13.3 Å². The van der Waals surface area contributed by atoms with Crippen LogP contribution in [0.2, 0.25) is 0 Å². The van der Waals surface area contributed by atoms with Crippen molar-refractivity contribution in [1.29, 1.82) is 0 Å². The molecule has 2 aromatic heterocycles. The molecule has 4 rings (SSSR count). The highest BCUT2D eigenvalue weighted by Crippen LogP contribution is 2.35. The van der Waals surface area contributed by atoms with Crippen LogP contribution in [-0.4, -0.2) is 41.7 Å². The number of carbonyl (C=O) groups is 2. The van der Waals surface area contributed by atoms with Crippen LogP contribution in [0.15, 0.2) is 54.9 Å². The number of amides is 1. The first-order valence-corrected chi connectivity index (χ1v) is 11.6. The van der Waals surface area contributed by atoms with E-state index in [0.29, 0.717) is 36.3 Å². The van der Waals surface area contributed by atoms with Crippen molar-refractivity contribution in [3.8, 4) is 5.75 Å². The molecule has 3 N–H and O–H groups in total. The van der Waals surface area contributed by atoms with Gasteiger partial charge in [-0.15, -0.1) is 0 Å². The van der Waals surface area contributed by atoms with E-state index in [4.69, 9.17) is 14.7 Å². The lowest BCUT2D eigenvalue weighted by Gasteiger charge is -2.08. The number of primary amides is 1. The molecule has 0 aliphatic carbocycles. The number of H-pyrrole nitrogens is 1. The predicted molar refractivity (Wildman–Crippen MR) is 133 cm³/mol. The van der Waals surface area contributed by atoms with Crippen molar-refractivity contribution in [2.24, 2.45) is 5.73 Å². The summed E-state index contributed by atoms with van der Waals surface area (Å²) in [6.45, 7) is 1.29. The molecule has 2 heterocycles. The van der Waals surface area contributed by atoms with Gasteiger partial charge in [0.15, 0.2) is 6.29 Å². The lowest BCUT2D eigenvalue weighted by Crippen LogP contribution is -2.15. The van der Waals surface area contributed by atoms with Crippen molar-refractivity contribution >= 4 is 57.2 Å². The topological polar surface area (TPSA) is 99.3 Å². The summed E-state index contributed by atoms with van der Waals surface area (Å²) in [4.78, 5) is 28.3. The Kier molecular flexibility index (Phi) is 6.86. The molecule has 0 fully saturated rings. The van der Waals surface area contributed by atoms with Gasteiger partial charge in [0.2, 0.25) is 5.91 Å². The van der Waals surface area contributed by atoms with E-state index >= 15 is 0 Å². The quantitative estimate of drug-likeness (QED) is 0.157. The van der Waals surface area contributed by atoms with Gasteiger partial charge in [0.05, 0.1) is 19.3 Å². The van der Waals surface area contributed by atoms with E-state index in [0.717, 1.165) is 28.2 Å². The third-order valence-corrected chi connectivity index (χ3v) is 6.02. The fourth-order valence-corrected chi connectivity index (χ4v) is 4.41. The van der Waals surface area contributed by atoms with Gasteiger partial charge in [-0.1, -0.05) is 18.2 Å². The highest BCUT2D eigenvalue weighted by atomic mass is 32.2. The summed E-state index contributed by atoms with van der Waals surface area (Å²) in [6.07, 6.45) is 6.99. The Morgan fingerprint density at radius 3 is 2.73 bits per heavy atom. The van der Waals surface area contributed by atoms with Crippen LogP contribution in [0, 0.1) is 0 Å². The van der Waals surface area contributed by atoms with Crippen molar-refractivity contribution < 1.29 is 18.5 Å². The van der Waals surface area contributed by atoms with E-state index in [-0.39, 0.29) is 11.1 Å². The normalized spacial score (nSPS) is 12.2. The van der Waals surface area contributed by atoms with Crippen LogP contribution in [0.1, 0.15) is 17.5 Å². The molecule has 0 aliphatic heterocycles. The molecule has 33 heavy (non-hydrogen) atoms. The largest absolute Gasteiger partial charge is 0.497 e. The summed E-state index contributed by atoms with van der Waals surface area (Å²) in [7, 11) is 1.59. The lowest BCUT2D eigenvalue weighted by atomic mass is 9.94. The number of fused-ring (bicyclic) bond motifs is 2. The van der Waals surface area contributed by atoms with E-state index in [9.17, 15) is 9.59 Å². The van der Waals surface area contributed by atoms with E-state index in [2.05, 4.69) is 9.55 Å². The summed E-state index contributed by atoms with van der Waals surface area (Å²) in [6, 6.07) is 13.3. The highest BCUT2D eigenvalue weighted by molar-refractivity contribution is 7.93. The number of ether oxygens (including phenoxy) is 1. The van der Waals surface area contributed by atoms with Gasteiger partial charge in [-0.25, -0.2) is 0 Å². The fraction of sp³-hybridized carbons (Fsp3) is 0.200. The molecule has 0 radical (unpaired) electrons. The molecule has 7 nitrogen and oxygen atoms in total. The molecular formula is C25H25N3O4S. The molecular weight excluding hydrogens is 438 g/mol. The van der Waals surface area contributed by atoms with Crippen LogP contribution in [0.5, 0.6) is 5.75 Å². The zero-order valence-electron chi connectivity index (χ0n) is 18.5. The first-order valence-electron chi connectivity index (χ1n) is 10.5. The molecule has 1 amide bonds. The molecule has 0 saturated carbocycles. The zero-order valence-corrected chi connectivity index (χ0v) is 19.3. The van der Waals surface area contributed by atoms with Gasteiger partial charge < -0.3 is 24.2 Å². The number of nitrogens with two attached hydrogens (primary N) is 1. The maximum absolute atomic E-state index is 12.7. The number of allylic oxidation sites excluding steroid dienone is 1. The second-order valence-corrected chi connectivity index (χ2v) is 8.05. The van der Waals surface area contributed by atoms with Gasteiger partial charge in [-0.3, -0.25) is 9.59 Å². The number of aromatic nitrogens is 2. The van der Waals surface area contributed by atoms with Crippen molar-refractivity contribution in [2.45, 2.75) is 13.0 Å². The highest BCUT2D eigenvalue weighted by Gasteiger charge is 2.23. The molecule has 0 unspecified atom stereocenters. The van der Waals surface area contributed by atoms with Crippen molar-refractivity contribution in [3.63, 3.8) is 0 Å². The summed E-state index contributed by atoms with van der Waals surface area (Å²) in [5.41, 5.74) is 9.26. The summed E-state index contributed by atoms with van der Waals surface area (Å²) in [5, 5.41) is 1.63. The number of nitrogens with one attached hydrogen (secondary N) is 1. The maximum atomic E-state index is 12.7. The molecule has 0 bridgehead atoms. The third kappa shape index (κ3) is 4.40. The standard InChI is InChI=1S/C25H25N3O4S/c1-31-16-8-9-23-18(12-16)20(14-28(23)10-5-11-32-33-2)21(15-29)24(25(26)30)19-13-27-22-7-4-3-6-17(19)22/h3-4,6-9,12-15,27H,5,10-11H2,1-2H3,(H2,26,30)/b24-21+. The Morgan fingerprint density at radius 1 is 1.18 bits per heavy atom. The van der Waals surface area contributed by atoms with E-state index in [1.807, 2.05) is 54.9 Å². The van der Waals surface area contributed by atoms with Crippen LogP contribution in [0.3, 0.4) is 0 Å². The molecule has 4 aromatic rings. The van der Waals surface area contributed by atoms with Crippen molar-refractivity contribution in [3.05, 3.63) is 66.0 Å². The van der Waals surface area contributed by atoms with Gasteiger partial charge in [-0.2, -0.15) is 0 Å². The fourth-order valence-electron chi connectivity index (χ4n) is 4.13. The smallest absolute Gasteiger partial charge is 0.250 e. The number of hydrogen-bond acceptors (Lipinski definition) is 5. The Balaban J connectivity index is 1.94.